The summed E-state index contributed by atoms with van der Waals surface area (Å²) in [5, 5.41) is 5.60. The highest BCUT2D eigenvalue weighted by molar-refractivity contribution is 5.85. The molecule has 1 heterocycles. The van der Waals surface area contributed by atoms with E-state index < -0.39 is 0 Å². The van der Waals surface area contributed by atoms with Crippen LogP contribution in [-0.4, -0.2) is 11.9 Å². The average Bonchev–Trinajstić information content (AvgIpc) is 2.74. The second-order valence-corrected chi connectivity index (χ2v) is 5.68. The van der Waals surface area contributed by atoms with Crippen LogP contribution in [0, 0.1) is 0 Å². The normalized spacial score (nSPS) is 26.6. The lowest BCUT2D eigenvalue weighted by molar-refractivity contribution is -0.119. The lowest BCUT2D eigenvalue weighted by atomic mass is 9.74. The molecule has 2 nitrogen and oxygen atoms in total. The molecule has 0 radical (unpaired) electrons. The first kappa shape index (κ1) is 12.2. The highest BCUT2D eigenvalue weighted by atomic mass is 16.2. The van der Waals surface area contributed by atoms with Crippen molar-refractivity contribution < 1.29 is 4.79 Å². The Morgan fingerprint density at radius 1 is 1.21 bits per heavy atom. The number of amides is 1. The second kappa shape index (κ2) is 4.37. The van der Waals surface area contributed by atoms with Crippen LogP contribution in [0.5, 0.6) is 0 Å². The highest BCUT2D eigenvalue weighted by Crippen LogP contribution is 2.38. The lowest BCUT2D eigenvalue weighted by Gasteiger charge is -2.30. The maximum atomic E-state index is 11.8. The van der Waals surface area contributed by atoms with Gasteiger partial charge in [0.1, 0.15) is 0 Å². The fraction of sp³-hybridized carbons (Fsp3) is 0.353. The monoisotopic (exact) mass is 253 g/mol. The van der Waals surface area contributed by atoms with E-state index in [1.807, 2.05) is 0 Å². The maximum absolute atomic E-state index is 11.8. The van der Waals surface area contributed by atoms with Crippen LogP contribution in [0.3, 0.4) is 0 Å². The van der Waals surface area contributed by atoms with Gasteiger partial charge in [0.15, 0.2) is 0 Å². The topological polar surface area (TPSA) is 29.1 Å². The van der Waals surface area contributed by atoms with Crippen molar-refractivity contribution in [3.63, 3.8) is 0 Å². The van der Waals surface area contributed by atoms with Crippen molar-refractivity contribution in [2.45, 2.75) is 38.1 Å². The Balaban J connectivity index is 2.10. The van der Waals surface area contributed by atoms with Gasteiger partial charge in [-0.15, -0.1) is 0 Å². The molecule has 19 heavy (non-hydrogen) atoms. The third-order valence-electron chi connectivity index (χ3n) is 4.45. The Morgan fingerprint density at radius 2 is 1.95 bits per heavy atom. The molecule has 2 atom stereocenters. The van der Waals surface area contributed by atoms with Gasteiger partial charge in [0.25, 0.3) is 0 Å². The summed E-state index contributed by atoms with van der Waals surface area (Å²) < 4.78 is 0. The summed E-state index contributed by atoms with van der Waals surface area (Å²) in [6.07, 6.45) is 1.55. The molecule has 2 heteroatoms. The summed E-state index contributed by atoms with van der Waals surface area (Å²) in [5.41, 5.74) is 1.17. The minimum atomic E-state index is -0.0874. The van der Waals surface area contributed by atoms with Gasteiger partial charge >= 0.3 is 0 Å². The molecule has 0 aliphatic carbocycles. The molecule has 3 rings (SSSR count). The number of fused-ring (bicyclic) bond motifs is 1. The van der Waals surface area contributed by atoms with Crippen LogP contribution in [-0.2, 0) is 10.2 Å². The number of rotatable bonds is 2. The molecular weight excluding hydrogens is 234 g/mol. The molecule has 2 aromatic carbocycles. The Labute approximate surface area is 113 Å². The first-order chi connectivity index (χ1) is 9.13. The van der Waals surface area contributed by atoms with Crippen molar-refractivity contribution >= 4 is 16.7 Å². The second-order valence-electron chi connectivity index (χ2n) is 5.68. The molecule has 1 aliphatic heterocycles. The van der Waals surface area contributed by atoms with Crippen molar-refractivity contribution in [2.24, 2.45) is 0 Å². The number of carbonyl (C=O) groups excluding carboxylic acids is 1. The molecule has 2 aromatic rings. The summed E-state index contributed by atoms with van der Waals surface area (Å²) in [7, 11) is 0. The van der Waals surface area contributed by atoms with E-state index >= 15 is 0 Å². The van der Waals surface area contributed by atoms with E-state index in [9.17, 15) is 4.79 Å². The summed E-state index contributed by atoms with van der Waals surface area (Å²) in [6, 6.07) is 15.2. The molecule has 1 amide bonds. The first-order valence-corrected chi connectivity index (χ1v) is 6.92. The predicted molar refractivity (Wildman–Crippen MR) is 78.1 cm³/mol. The summed E-state index contributed by atoms with van der Waals surface area (Å²) in [6.45, 7) is 4.33. The number of benzene rings is 2. The quantitative estimate of drug-likeness (QED) is 0.873. The Hall–Kier alpha value is -1.83. The third-order valence-corrected chi connectivity index (χ3v) is 4.45. The number of carbonyl (C=O) groups is 1. The van der Waals surface area contributed by atoms with E-state index in [4.69, 9.17) is 0 Å². The molecule has 1 fully saturated rings. The van der Waals surface area contributed by atoms with Gasteiger partial charge in [0.2, 0.25) is 5.91 Å². The van der Waals surface area contributed by atoms with Crippen LogP contribution in [0.1, 0.15) is 32.3 Å². The van der Waals surface area contributed by atoms with Crippen LogP contribution in [0.15, 0.2) is 42.5 Å². The number of hydrogen-bond acceptors (Lipinski definition) is 1. The molecule has 0 aromatic heterocycles. The van der Waals surface area contributed by atoms with E-state index in [-0.39, 0.29) is 17.4 Å². The van der Waals surface area contributed by atoms with Crippen molar-refractivity contribution in [1.82, 2.24) is 5.32 Å². The van der Waals surface area contributed by atoms with E-state index in [2.05, 4.69) is 61.6 Å². The molecular formula is C17H19NO. The van der Waals surface area contributed by atoms with Crippen LogP contribution in [0.2, 0.25) is 0 Å². The van der Waals surface area contributed by atoms with E-state index in [0.717, 1.165) is 6.42 Å². The third kappa shape index (κ3) is 1.92. The van der Waals surface area contributed by atoms with E-state index in [1.54, 1.807) is 0 Å². The van der Waals surface area contributed by atoms with Gasteiger partial charge in [-0.05, 0) is 22.8 Å². The van der Waals surface area contributed by atoms with Crippen molar-refractivity contribution in [2.75, 3.05) is 0 Å². The fourth-order valence-electron chi connectivity index (χ4n) is 3.26. The summed E-state index contributed by atoms with van der Waals surface area (Å²) in [4.78, 5) is 11.8. The fourth-order valence-corrected chi connectivity index (χ4v) is 3.26. The molecule has 0 bridgehead atoms. The average molecular weight is 253 g/mol. The molecule has 0 saturated carbocycles. The van der Waals surface area contributed by atoms with Crippen LogP contribution < -0.4 is 5.32 Å². The predicted octanol–water partition coefficient (Wildman–Crippen LogP) is 3.40. The number of hydrogen-bond donors (Lipinski definition) is 1. The van der Waals surface area contributed by atoms with Gasteiger partial charge in [-0.3, -0.25) is 4.79 Å². The largest absolute Gasteiger partial charge is 0.352 e. The molecule has 1 N–H and O–H groups in total. The van der Waals surface area contributed by atoms with Crippen LogP contribution >= 0.6 is 0 Å². The zero-order chi connectivity index (χ0) is 13.5. The van der Waals surface area contributed by atoms with Crippen molar-refractivity contribution in [3.8, 4) is 0 Å². The van der Waals surface area contributed by atoms with E-state index in [0.29, 0.717) is 6.42 Å². The molecule has 0 spiro atoms. The van der Waals surface area contributed by atoms with Gasteiger partial charge in [-0.25, -0.2) is 0 Å². The van der Waals surface area contributed by atoms with E-state index in [1.165, 1.54) is 16.3 Å². The smallest absolute Gasteiger partial charge is 0.221 e. The maximum Gasteiger partial charge on any atom is 0.221 e. The molecule has 1 saturated heterocycles. The highest BCUT2D eigenvalue weighted by Gasteiger charge is 2.43. The van der Waals surface area contributed by atoms with Crippen molar-refractivity contribution in [1.29, 1.82) is 0 Å². The zero-order valence-electron chi connectivity index (χ0n) is 11.4. The Kier molecular flexibility index (Phi) is 2.81. The molecule has 2 unspecified atom stereocenters. The Morgan fingerprint density at radius 3 is 2.68 bits per heavy atom. The van der Waals surface area contributed by atoms with Gasteiger partial charge in [0, 0.05) is 17.9 Å². The minimum absolute atomic E-state index is 0.0874. The Bertz CT molecular complexity index is 634. The first-order valence-electron chi connectivity index (χ1n) is 6.92. The summed E-state index contributed by atoms with van der Waals surface area (Å²) in [5.74, 6) is 0.169. The van der Waals surface area contributed by atoms with Gasteiger partial charge in [0.05, 0.1) is 0 Å². The van der Waals surface area contributed by atoms with Gasteiger partial charge < -0.3 is 5.32 Å². The number of nitrogens with one attached hydrogen (secondary N) is 1. The lowest BCUT2D eigenvalue weighted by Crippen LogP contribution is -2.37. The standard InChI is InChI=1S/C17H19NO/c1-3-15-17(2,11-16(19)18-15)14-9-8-12-6-4-5-7-13(12)10-14/h4-10,15H,3,11H2,1-2H3,(H,18,19). The SMILES string of the molecule is CCC1NC(=O)CC1(C)c1ccc2ccccc2c1. The van der Waals surface area contributed by atoms with Crippen LogP contribution in [0.25, 0.3) is 10.8 Å². The van der Waals surface area contributed by atoms with Gasteiger partial charge in [-0.2, -0.15) is 0 Å². The van der Waals surface area contributed by atoms with Gasteiger partial charge in [-0.1, -0.05) is 56.3 Å². The van der Waals surface area contributed by atoms with Crippen LogP contribution in [0.4, 0.5) is 0 Å². The van der Waals surface area contributed by atoms with Crippen molar-refractivity contribution in [3.05, 3.63) is 48.0 Å². The molecule has 1 aliphatic rings. The zero-order valence-corrected chi connectivity index (χ0v) is 11.4. The minimum Gasteiger partial charge on any atom is -0.352 e. The molecule has 98 valence electrons. The summed E-state index contributed by atoms with van der Waals surface area (Å²) >= 11 is 0.